The van der Waals surface area contributed by atoms with E-state index in [1.54, 1.807) is 0 Å². The van der Waals surface area contributed by atoms with Crippen LogP contribution in [0.1, 0.15) is 32.1 Å². The van der Waals surface area contributed by atoms with E-state index in [1.165, 1.54) is 32.1 Å². The number of ether oxygens (including phenoxy) is 1. The highest BCUT2D eigenvalue weighted by molar-refractivity contribution is 5.79. The number of aliphatic imine (C=N–C) groups is 1. The molecule has 0 radical (unpaired) electrons. The maximum Gasteiger partial charge on any atom is 0.191 e. The molecule has 0 aromatic carbocycles. The van der Waals surface area contributed by atoms with Crippen LogP contribution in [0.2, 0.25) is 0 Å². The molecule has 0 bridgehead atoms. The number of hydrogen-bond acceptors (Lipinski definition) is 2. The van der Waals surface area contributed by atoms with E-state index in [-0.39, 0.29) is 0 Å². The zero-order chi connectivity index (χ0) is 10.3. The molecular weight excluding hydrogens is 190 g/mol. The number of morpholine rings is 1. The molecule has 4 heteroatoms. The Bertz CT molecular complexity index is 275. The summed E-state index contributed by atoms with van der Waals surface area (Å²) in [5, 5.41) is 0. The number of hydrogen-bond donors (Lipinski definition) is 1. The molecule has 2 unspecified atom stereocenters. The minimum atomic E-state index is 0.409. The third-order valence-electron chi connectivity index (χ3n) is 3.64. The van der Waals surface area contributed by atoms with Gasteiger partial charge in [-0.25, -0.2) is 4.99 Å². The first-order valence-electron chi connectivity index (χ1n) is 6.06. The van der Waals surface area contributed by atoms with Gasteiger partial charge in [0.05, 0.1) is 24.8 Å². The van der Waals surface area contributed by atoms with Crippen LogP contribution in [0.4, 0.5) is 0 Å². The van der Waals surface area contributed by atoms with Crippen LogP contribution in [0.3, 0.4) is 0 Å². The SMILES string of the molecule is NC(=NC1CC1)N1CCOC2CCCC21. The molecule has 2 N–H and O–H groups in total. The highest BCUT2D eigenvalue weighted by Crippen LogP contribution is 2.30. The first-order chi connectivity index (χ1) is 7.34. The van der Waals surface area contributed by atoms with Gasteiger partial charge in [-0.1, -0.05) is 0 Å². The Hall–Kier alpha value is -0.770. The van der Waals surface area contributed by atoms with Gasteiger partial charge < -0.3 is 15.4 Å². The number of guanidine groups is 1. The summed E-state index contributed by atoms with van der Waals surface area (Å²) in [6.07, 6.45) is 6.52. The minimum absolute atomic E-state index is 0.409. The van der Waals surface area contributed by atoms with Crippen molar-refractivity contribution in [2.75, 3.05) is 13.2 Å². The first kappa shape index (κ1) is 9.46. The molecule has 2 atom stereocenters. The van der Waals surface area contributed by atoms with Gasteiger partial charge in [0.2, 0.25) is 0 Å². The Morgan fingerprint density at radius 2 is 2.13 bits per heavy atom. The molecule has 4 nitrogen and oxygen atoms in total. The Morgan fingerprint density at radius 3 is 2.93 bits per heavy atom. The summed E-state index contributed by atoms with van der Waals surface area (Å²) in [5.41, 5.74) is 6.07. The molecule has 0 amide bonds. The van der Waals surface area contributed by atoms with Crippen molar-refractivity contribution < 1.29 is 4.74 Å². The van der Waals surface area contributed by atoms with Gasteiger partial charge in [-0.15, -0.1) is 0 Å². The van der Waals surface area contributed by atoms with Crippen LogP contribution in [0.15, 0.2) is 4.99 Å². The summed E-state index contributed by atoms with van der Waals surface area (Å²) in [6, 6.07) is 1.02. The molecule has 2 aliphatic carbocycles. The molecule has 3 fully saturated rings. The van der Waals surface area contributed by atoms with Crippen molar-refractivity contribution in [3.05, 3.63) is 0 Å². The molecular formula is C11H19N3O. The topological polar surface area (TPSA) is 50.8 Å². The zero-order valence-corrected chi connectivity index (χ0v) is 9.06. The second-order valence-corrected chi connectivity index (χ2v) is 4.82. The molecule has 1 heterocycles. The predicted octanol–water partition coefficient (Wildman–Crippen LogP) is 0.717. The summed E-state index contributed by atoms with van der Waals surface area (Å²) >= 11 is 0. The molecule has 0 spiro atoms. The van der Waals surface area contributed by atoms with E-state index >= 15 is 0 Å². The molecule has 3 rings (SSSR count). The summed E-state index contributed by atoms with van der Waals surface area (Å²) in [5.74, 6) is 0.762. The Labute approximate surface area is 90.5 Å². The van der Waals surface area contributed by atoms with Gasteiger partial charge in [-0.2, -0.15) is 0 Å². The molecule has 1 saturated heterocycles. The highest BCUT2D eigenvalue weighted by Gasteiger charge is 2.37. The number of nitrogens with two attached hydrogens (primary N) is 1. The van der Waals surface area contributed by atoms with Crippen molar-refractivity contribution in [2.45, 2.75) is 50.3 Å². The molecule has 15 heavy (non-hydrogen) atoms. The van der Waals surface area contributed by atoms with Gasteiger partial charge in [0.25, 0.3) is 0 Å². The lowest BCUT2D eigenvalue weighted by Gasteiger charge is -2.38. The van der Waals surface area contributed by atoms with Crippen molar-refractivity contribution in [3.63, 3.8) is 0 Å². The standard InChI is InChI=1S/C11H19N3O/c12-11(13-8-4-5-8)14-6-7-15-10-3-1-2-9(10)14/h8-10H,1-7H2,(H2,12,13). The Balaban J connectivity index is 1.72. The first-order valence-corrected chi connectivity index (χ1v) is 6.06. The normalized spacial score (nSPS) is 36.8. The van der Waals surface area contributed by atoms with E-state index in [1.807, 2.05) is 0 Å². The lowest BCUT2D eigenvalue weighted by atomic mass is 10.1. The van der Waals surface area contributed by atoms with Gasteiger partial charge >= 0.3 is 0 Å². The third-order valence-corrected chi connectivity index (χ3v) is 3.64. The lowest BCUT2D eigenvalue weighted by Crippen LogP contribution is -2.53. The second kappa shape index (κ2) is 3.67. The van der Waals surface area contributed by atoms with E-state index in [4.69, 9.17) is 10.5 Å². The number of rotatable bonds is 1. The van der Waals surface area contributed by atoms with Gasteiger partial charge in [0.15, 0.2) is 5.96 Å². The molecule has 0 aromatic heterocycles. The van der Waals surface area contributed by atoms with Crippen molar-refractivity contribution in [1.29, 1.82) is 0 Å². The van der Waals surface area contributed by atoms with Crippen LogP contribution < -0.4 is 5.73 Å². The number of fused-ring (bicyclic) bond motifs is 1. The molecule has 2 saturated carbocycles. The Kier molecular flexibility index (Phi) is 2.31. The molecule has 0 aromatic rings. The maximum absolute atomic E-state index is 6.07. The molecule has 3 aliphatic rings. The third kappa shape index (κ3) is 1.83. The van der Waals surface area contributed by atoms with Crippen LogP contribution in [0, 0.1) is 0 Å². The van der Waals surface area contributed by atoms with Crippen molar-refractivity contribution in [3.8, 4) is 0 Å². The van der Waals surface area contributed by atoms with Crippen LogP contribution in [0.25, 0.3) is 0 Å². The van der Waals surface area contributed by atoms with Crippen molar-refractivity contribution in [1.82, 2.24) is 4.90 Å². The fourth-order valence-corrected chi connectivity index (χ4v) is 2.67. The van der Waals surface area contributed by atoms with Crippen LogP contribution >= 0.6 is 0 Å². The van der Waals surface area contributed by atoms with Gasteiger partial charge in [0, 0.05) is 6.54 Å². The Morgan fingerprint density at radius 1 is 1.27 bits per heavy atom. The summed E-state index contributed by atoms with van der Waals surface area (Å²) in [7, 11) is 0. The predicted molar refractivity (Wildman–Crippen MR) is 58.7 cm³/mol. The average Bonchev–Trinajstić information content (AvgIpc) is 2.93. The molecule has 1 aliphatic heterocycles. The van der Waals surface area contributed by atoms with Crippen LogP contribution in [-0.2, 0) is 4.74 Å². The van der Waals surface area contributed by atoms with Crippen molar-refractivity contribution in [2.24, 2.45) is 10.7 Å². The smallest absolute Gasteiger partial charge is 0.191 e. The van der Waals surface area contributed by atoms with Crippen molar-refractivity contribution >= 4 is 5.96 Å². The highest BCUT2D eigenvalue weighted by atomic mass is 16.5. The van der Waals surface area contributed by atoms with E-state index in [0.29, 0.717) is 18.2 Å². The summed E-state index contributed by atoms with van der Waals surface area (Å²) < 4.78 is 5.75. The largest absolute Gasteiger partial charge is 0.374 e. The monoisotopic (exact) mass is 209 g/mol. The summed E-state index contributed by atoms with van der Waals surface area (Å²) in [6.45, 7) is 1.73. The summed E-state index contributed by atoms with van der Waals surface area (Å²) in [4.78, 5) is 6.81. The second-order valence-electron chi connectivity index (χ2n) is 4.82. The van der Waals surface area contributed by atoms with E-state index in [0.717, 1.165) is 19.1 Å². The fourth-order valence-electron chi connectivity index (χ4n) is 2.67. The number of nitrogens with zero attached hydrogens (tertiary/aromatic N) is 2. The van der Waals surface area contributed by atoms with E-state index in [2.05, 4.69) is 9.89 Å². The van der Waals surface area contributed by atoms with Gasteiger partial charge in [0.1, 0.15) is 0 Å². The maximum atomic E-state index is 6.07. The van der Waals surface area contributed by atoms with Crippen LogP contribution in [-0.4, -0.2) is 42.2 Å². The lowest BCUT2D eigenvalue weighted by molar-refractivity contribution is -0.0298. The van der Waals surface area contributed by atoms with E-state index in [9.17, 15) is 0 Å². The fraction of sp³-hybridized carbons (Fsp3) is 0.909. The zero-order valence-electron chi connectivity index (χ0n) is 9.06. The molecule has 84 valence electrons. The van der Waals surface area contributed by atoms with Gasteiger partial charge in [-0.05, 0) is 32.1 Å². The van der Waals surface area contributed by atoms with E-state index < -0.39 is 0 Å². The van der Waals surface area contributed by atoms with Gasteiger partial charge in [-0.3, -0.25) is 0 Å². The van der Waals surface area contributed by atoms with Crippen LogP contribution in [0.5, 0.6) is 0 Å². The average molecular weight is 209 g/mol. The quantitative estimate of drug-likeness (QED) is 0.511. The minimum Gasteiger partial charge on any atom is -0.374 e.